The lowest BCUT2D eigenvalue weighted by Gasteiger charge is -2.17. The fraction of sp³-hybridized carbons (Fsp3) is 0.250. The van der Waals surface area contributed by atoms with Gasteiger partial charge in [-0.2, -0.15) is 0 Å². The minimum atomic E-state index is -1.04. The van der Waals surface area contributed by atoms with Gasteiger partial charge in [0, 0.05) is 18.5 Å². The Balaban J connectivity index is 1.48. The van der Waals surface area contributed by atoms with Gasteiger partial charge in [-0.1, -0.05) is 18.2 Å². The summed E-state index contributed by atoms with van der Waals surface area (Å²) in [7, 11) is 0. The van der Waals surface area contributed by atoms with E-state index in [1.807, 2.05) is 30.3 Å². The molecule has 1 fully saturated rings. The van der Waals surface area contributed by atoms with Crippen LogP contribution in [0.5, 0.6) is 5.75 Å². The van der Waals surface area contributed by atoms with Crippen molar-refractivity contribution in [2.24, 2.45) is 0 Å². The largest absolute Gasteiger partial charge is 0.492 e. The number of carboxylic acids is 1. The Morgan fingerprint density at radius 3 is 2.41 bits per heavy atom. The van der Waals surface area contributed by atoms with E-state index >= 15 is 0 Å². The standard InChI is InChI=1S/C20H20N2O5/c23-18-12-16(13-22(18)10-11-27-17-4-2-1-3-5-17)21-19(24)14-6-8-15(9-7-14)20(25)26/h1-9,16H,10-13H2,(H,21,24)(H,25,26). The molecule has 2 aromatic rings. The molecule has 27 heavy (non-hydrogen) atoms. The Kier molecular flexibility index (Phi) is 5.71. The molecule has 2 amide bonds. The highest BCUT2D eigenvalue weighted by atomic mass is 16.5. The Bertz CT molecular complexity index is 820. The first kappa shape index (κ1) is 18.4. The lowest BCUT2D eigenvalue weighted by atomic mass is 10.1. The Hall–Kier alpha value is -3.35. The number of nitrogens with one attached hydrogen (secondary N) is 1. The van der Waals surface area contributed by atoms with Crippen LogP contribution in [0.15, 0.2) is 54.6 Å². The molecular formula is C20H20N2O5. The number of carbonyl (C=O) groups is 3. The Morgan fingerprint density at radius 1 is 1.07 bits per heavy atom. The molecule has 1 aliphatic heterocycles. The van der Waals surface area contributed by atoms with Crippen molar-refractivity contribution in [3.8, 4) is 5.75 Å². The molecule has 0 radical (unpaired) electrons. The molecule has 0 bridgehead atoms. The van der Waals surface area contributed by atoms with E-state index in [1.54, 1.807) is 4.90 Å². The van der Waals surface area contributed by atoms with Crippen LogP contribution in [-0.4, -0.2) is 53.5 Å². The van der Waals surface area contributed by atoms with E-state index in [0.717, 1.165) is 5.75 Å². The van der Waals surface area contributed by atoms with Gasteiger partial charge in [-0.05, 0) is 36.4 Å². The molecule has 1 heterocycles. The van der Waals surface area contributed by atoms with Gasteiger partial charge in [0.05, 0.1) is 18.2 Å². The summed E-state index contributed by atoms with van der Waals surface area (Å²) >= 11 is 0. The maximum atomic E-state index is 12.3. The van der Waals surface area contributed by atoms with E-state index in [1.165, 1.54) is 24.3 Å². The van der Waals surface area contributed by atoms with Gasteiger partial charge in [0.1, 0.15) is 12.4 Å². The zero-order valence-corrected chi connectivity index (χ0v) is 14.6. The van der Waals surface area contributed by atoms with Gasteiger partial charge in [-0.3, -0.25) is 9.59 Å². The fourth-order valence-corrected chi connectivity index (χ4v) is 2.91. The third-order valence-electron chi connectivity index (χ3n) is 4.32. The zero-order chi connectivity index (χ0) is 19.2. The van der Waals surface area contributed by atoms with Crippen LogP contribution in [0.4, 0.5) is 0 Å². The van der Waals surface area contributed by atoms with Gasteiger partial charge in [-0.15, -0.1) is 0 Å². The van der Waals surface area contributed by atoms with E-state index in [2.05, 4.69) is 5.32 Å². The van der Waals surface area contributed by atoms with Crippen molar-refractivity contribution in [3.05, 3.63) is 65.7 Å². The molecule has 1 unspecified atom stereocenters. The third kappa shape index (κ3) is 4.84. The predicted octanol–water partition coefficient (Wildman–Crippen LogP) is 1.79. The van der Waals surface area contributed by atoms with Gasteiger partial charge in [-0.25, -0.2) is 4.79 Å². The second-order valence-electron chi connectivity index (χ2n) is 6.26. The summed E-state index contributed by atoms with van der Waals surface area (Å²) < 4.78 is 5.60. The number of hydrogen-bond acceptors (Lipinski definition) is 4. The molecule has 7 nitrogen and oxygen atoms in total. The van der Waals surface area contributed by atoms with Crippen LogP contribution >= 0.6 is 0 Å². The molecule has 0 aliphatic carbocycles. The molecule has 3 rings (SSSR count). The SMILES string of the molecule is O=C(O)c1ccc(C(=O)NC2CC(=O)N(CCOc3ccccc3)C2)cc1. The molecule has 0 saturated carbocycles. The maximum absolute atomic E-state index is 12.3. The molecule has 1 saturated heterocycles. The van der Waals surface area contributed by atoms with Crippen molar-refractivity contribution >= 4 is 17.8 Å². The van der Waals surface area contributed by atoms with Crippen molar-refractivity contribution in [2.75, 3.05) is 19.7 Å². The van der Waals surface area contributed by atoms with Crippen LogP contribution < -0.4 is 10.1 Å². The topological polar surface area (TPSA) is 95.9 Å². The first-order chi connectivity index (χ1) is 13.0. The number of likely N-dealkylation sites (tertiary alicyclic amines) is 1. The van der Waals surface area contributed by atoms with Crippen molar-refractivity contribution < 1.29 is 24.2 Å². The molecular weight excluding hydrogens is 348 g/mol. The fourth-order valence-electron chi connectivity index (χ4n) is 2.91. The lowest BCUT2D eigenvalue weighted by molar-refractivity contribution is -0.128. The number of para-hydroxylation sites is 1. The number of aromatic carboxylic acids is 1. The van der Waals surface area contributed by atoms with Gasteiger partial charge in [0.2, 0.25) is 5.91 Å². The molecule has 1 atom stereocenters. The number of hydrogen-bond donors (Lipinski definition) is 2. The van der Waals surface area contributed by atoms with Gasteiger partial charge in [0.25, 0.3) is 5.91 Å². The number of rotatable bonds is 7. The average molecular weight is 368 g/mol. The van der Waals surface area contributed by atoms with Crippen LogP contribution in [0.1, 0.15) is 27.1 Å². The molecule has 2 aromatic carbocycles. The van der Waals surface area contributed by atoms with Crippen molar-refractivity contribution in [2.45, 2.75) is 12.5 Å². The smallest absolute Gasteiger partial charge is 0.335 e. The highest BCUT2D eigenvalue weighted by Gasteiger charge is 2.30. The maximum Gasteiger partial charge on any atom is 0.335 e. The molecule has 1 aliphatic rings. The van der Waals surface area contributed by atoms with E-state index < -0.39 is 5.97 Å². The molecule has 7 heteroatoms. The van der Waals surface area contributed by atoms with Gasteiger partial charge < -0.3 is 20.1 Å². The van der Waals surface area contributed by atoms with E-state index in [0.29, 0.717) is 25.3 Å². The van der Waals surface area contributed by atoms with Crippen LogP contribution in [0.25, 0.3) is 0 Å². The van der Waals surface area contributed by atoms with Crippen LogP contribution in [0.2, 0.25) is 0 Å². The highest BCUT2D eigenvalue weighted by molar-refractivity contribution is 5.96. The number of benzene rings is 2. The lowest BCUT2D eigenvalue weighted by Crippen LogP contribution is -2.38. The minimum absolute atomic E-state index is 0.0295. The first-order valence-electron chi connectivity index (χ1n) is 8.63. The predicted molar refractivity (Wildman–Crippen MR) is 97.8 cm³/mol. The van der Waals surface area contributed by atoms with E-state index in [9.17, 15) is 14.4 Å². The Morgan fingerprint density at radius 2 is 1.74 bits per heavy atom. The minimum Gasteiger partial charge on any atom is -0.492 e. The number of nitrogens with zero attached hydrogens (tertiary/aromatic N) is 1. The zero-order valence-electron chi connectivity index (χ0n) is 14.6. The van der Waals surface area contributed by atoms with Crippen LogP contribution in [0, 0.1) is 0 Å². The second-order valence-corrected chi connectivity index (χ2v) is 6.26. The second kappa shape index (κ2) is 8.35. The Labute approximate surface area is 156 Å². The highest BCUT2D eigenvalue weighted by Crippen LogP contribution is 2.13. The quantitative estimate of drug-likeness (QED) is 0.777. The van der Waals surface area contributed by atoms with E-state index in [4.69, 9.17) is 9.84 Å². The monoisotopic (exact) mass is 368 g/mol. The van der Waals surface area contributed by atoms with Crippen molar-refractivity contribution in [3.63, 3.8) is 0 Å². The number of carboxylic acid groups (broad SMARTS) is 1. The van der Waals surface area contributed by atoms with Crippen LogP contribution in [-0.2, 0) is 4.79 Å². The third-order valence-corrected chi connectivity index (χ3v) is 4.32. The van der Waals surface area contributed by atoms with Crippen molar-refractivity contribution in [1.82, 2.24) is 10.2 Å². The number of carbonyl (C=O) groups excluding carboxylic acids is 2. The molecule has 140 valence electrons. The first-order valence-corrected chi connectivity index (χ1v) is 8.63. The number of ether oxygens (including phenoxy) is 1. The summed E-state index contributed by atoms with van der Waals surface area (Å²) in [5.41, 5.74) is 0.477. The molecule has 0 aromatic heterocycles. The summed E-state index contributed by atoms with van der Waals surface area (Å²) in [5.74, 6) is -0.652. The summed E-state index contributed by atoms with van der Waals surface area (Å²) in [6, 6.07) is 14.8. The van der Waals surface area contributed by atoms with E-state index in [-0.39, 0.29) is 29.8 Å². The molecule has 2 N–H and O–H groups in total. The summed E-state index contributed by atoms with van der Waals surface area (Å²) in [4.78, 5) is 36.9. The summed E-state index contributed by atoms with van der Waals surface area (Å²) in [6.45, 7) is 1.26. The number of amides is 2. The van der Waals surface area contributed by atoms with Crippen LogP contribution in [0.3, 0.4) is 0 Å². The normalized spacial score (nSPS) is 16.2. The molecule has 0 spiro atoms. The average Bonchev–Trinajstić information content (AvgIpc) is 3.01. The summed E-state index contributed by atoms with van der Waals surface area (Å²) in [6.07, 6.45) is 0.240. The van der Waals surface area contributed by atoms with Gasteiger partial charge >= 0.3 is 5.97 Å². The van der Waals surface area contributed by atoms with Gasteiger partial charge in [0.15, 0.2) is 0 Å². The van der Waals surface area contributed by atoms with Crippen molar-refractivity contribution in [1.29, 1.82) is 0 Å². The summed E-state index contributed by atoms with van der Waals surface area (Å²) in [5, 5.41) is 11.7.